The molecule has 0 saturated heterocycles. The fourth-order valence-electron chi connectivity index (χ4n) is 2.69. The van der Waals surface area contributed by atoms with Crippen molar-refractivity contribution in [1.29, 1.82) is 0 Å². The molecule has 140 valence electrons. The van der Waals surface area contributed by atoms with Crippen LogP contribution in [0.1, 0.15) is 23.6 Å². The maximum atomic E-state index is 13.3. The summed E-state index contributed by atoms with van der Waals surface area (Å²) in [5.74, 6) is 0.458. The Morgan fingerprint density at radius 3 is 2.63 bits per heavy atom. The van der Waals surface area contributed by atoms with E-state index in [1.54, 1.807) is 6.07 Å². The highest BCUT2D eigenvalue weighted by Gasteiger charge is 2.02. The fraction of sp³-hybridized carbons (Fsp3) is 0.238. The summed E-state index contributed by atoms with van der Waals surface area (Å²) in [5.41, 5.74) is 3.12. The van der Waals surface area contributed by atoms with Crippen molar-refractivity contribution >= 4 is 5.96 Å². The third kappa shape index (κ3) is 5.95. The van der Waals surface area contributed by atoms with Gasteiger partial charge in [-0.2, -0.15) is 5.10 Å². The molecule has 0 bridgehead atoms. The van der Waals surface area contributed by atoms with Gasteiger partial charge in [-0.05, 0) is 30.2 Å². The Labute approximate surface area is 159 Å². The van der Waals surface area contributed by atoms with E-state index >= 15 is 0 Å². The third-order valence-corrected chi connectivity index (χ3v) is 3.99. The van der Waals surface area contributed by atoms with E-state index in [4.69, 9.17) is 0 Å². The number of guanidine groups is 1. The Bertz CT molecular complexity index is 873. The summed E-state index contributed by atoms with van der Waals surface area (Å²) in [4.78, 5) is 4.59. The number of nitrogens with one attached hydrogen (secondary N) is 2. The molecule has 0 spiro atoms. The van der Waals surface area contributed by atoms with Crippen LogP contribution in [0.5, 0.6) is 0 Å². The molecule has 2 N–H and O–H groups in total. The molecule has 27 heavy (non-hydrogen) atoms. The Balaban J connectivity index is 1.58. The van der Waals surface area contributed by atoms with Crippen LogP contribution in [0.25, 0.3) is 0 Å². The number of benzene rings is 2. The maximum Gasteiger partial charge on any atom is 0.191 e. The molecule has 0 unspecified atom stereocenters. The molecule has 1 heterocycles. The van der Waals surface area contributed by atoms with Crippen molar-refractivity contribution < 1.29 is 4.39 Å². The molecule has 0 amide bonds. The number of hydrogen-bond donors (Lipinski definition) is 2. The fourth-order valence-corrected chi connectivity index (χ4v) is 2.69. The molecule has 2 aromatic carbocycles. The molecule has 5 nitrogen and oxygen atoms in total. The van der Waals surface area contributed by atoms with E-state index < -0.39 is 0 Å². The van der Waals surface area contributed by atoms with Gasteiger partial charge in [0, 0.05) is 24.8 Å². The zero-order valence-corrected chi connectivity index (χ0v) is 15.4. The minimum atomic E-state index is -0.234. The van der Waals surface area contributed by atoms with Crippen molar-refractivity contribution in [3.63, 3.8) is 0 Å². The number of rotatable bonds is 7. The molecule has 3 aromatic rings. The number of hydrogen-bond acceptors (Lipinski definition) is 2. The van der Waals surface area contributed by atoms with E-state index in [1.165, 1.54) is 17.7 Å². The molecular weight excluding hydrogens is 341 g/mol. The number of aromatic nitrogens is 2. The van der Waals surface area contributed by atoms with E-state index in [0.717, 1.165) is 24.2 Å². The number of halogens is 1. The second kappa shape index (κ2) is 9.52. The zero-order chi connectivity index (χ0) is 18.9. The first kappa shape index (κ1) is 18.6. The summed E-state index contributed by atoms with van der Waals surface area (Å²) in [6.07, 6.45) is 3.84. The SMILES string of the molecule is CCNC(=NCc1cnn(Cc2ccccc2)c1)NCc1cccc(F)c1. The first-order chi connectivity index (χ1) is 13.2. The van der Waals surface area contributed by atoms with Crippen LogP contribution in [0.3, 0.4) is 0 Å². The lowest BCUT2D eigenvalue weighted by molar-refractivity contribution is 0.624. The van der Waals surface area contributed by atoms with Gasteiger partial charge in [-0.1, -0.05) is 42.5 Å². The van der Waals surface area contributed by atoms with Crippen molar-refractivity contribution in [3.8, 4) is 0 Å². The van der Waals surface area contributed by atoms with Crippen LogP contribution < -0.4 is 10.6 Å². The molecular formula is C21H24FN5. The summed E-state index contributed by atoms with van der Waals surface area (Å²) in [5, 5.41) is 10.8. The van der Waals surface area contributed by atoms with E-state index in [9.17, 15) is 4.39 Å². The van der Waals surface area contributed by atoms with Gasteiger partial charge >= 0.3 is 0 Å². The normalized spacial score (nSPS) is 11.4. The van der Waals surface area contributed by atoms with Gasteiger partial charge < -0.3 is 10.6 Å². The van der Waals surface area contributed by atoms with Crippen molar-refractivity contribution in [3.05, 3.63) is 89.5 Å². The first-order valence-electron chi connectivity index (χ1n) is 9.05. The highest BCUT2D eigenvalue weighted by Crippen LogP contribution is 2.06. The van der Waals surface area contributed by atoms with Gasteiger partial charge in [0.1, 0.15) is 5.82 Å². The van der Waals surface area contributed by atoms with Crippen LogP contribution in [0.2, 0.25) is 0 Å². The predicted molar refractivity (Wildman–Crippen MR) is 106 cm³/mol. The second-order valence-electron chi connectivity index (χ2n) is 6.21. The summed E-state index contributed by atoms with van der Waals surface area (Å²) in [6, 6.07) is 16.8. The van der Waals surface area contributed by atoms with Gasteiger partial charge in [0.15, 0.2) is 5.96 Å². The van der Waals surface area contributed by atoms with Crippen LogP contribution in [0.4, 0.5) is 4.39 Å². The highest BCUT2D eigenvalue weighted by molar-refractivity contribution is 5.79. The number of nitrogens with zero attached hydrogens (tertiary/aromatic N) is 3. The molecule has 0 aliphatic rings. The largest absolute Gasteiger partial charge is 0.357 e. The molecule has 0 aliphatic carbocycles. The number of aliphatic imine (C=N–C) groups is 1. The van der Waals surface area contributed by atoms with Crippen molar-refractivity contribution in [2.24, 2.45) is 4.99 Å². The topological polar surface area (TPSA) is 54.2 Å². The zero-order valence-electron chi connectivity index (χ0n) is 15.4. The van der Waals surface area contributed by atoms with Crippen LogP contribution >= 0.6 is 0 Å². The van der Waals surface area contributed by atoms with E-state index in [0.29, 0.717) is 19.0 Å². The van der Waals surface area contributed by atoms with Crippen LogP contribution in [0, 0.1) is 5.82 Å². The highest BCUT2D eigenvalue weighted by atomic mass is 19.1. The van der Waals surface area contributed by atoms with Crippen molar-refractivity contribution in [2.45, 2.75) is 26.6 Å². The lowest BCUT2D eigenvalue weighted by atomic mass is 10.2. The molecule has 0 aliphatic heterocycles. The molecule has 0 saturated carbocycles. The minimum absolute atomic E-state index is 0.234. The summed E-state index contributed by atoms with van der Waals surface area (Å²) in [7, 11) is 0. The smallest absolute Gasteiger partial charge is 0.191 e. The molecule has 1 aromatic heterocycles. The van der Waals surface area contributed by atoms with Crippen LogP contribution in [-0.4, -0.2) is 22.3 Å². The lowest BCUT2D eigenvalue weighted by Gasteiger charge is -2.11. The molecule has 0 atom stereocenters. The van der Waals surface area contributed by atoms with Crippen LogP contribution in [-0.2, 0) is 19.6 Å². The van der Waals surface area contributed by atoms with Gasteiger partial charge in [-0.15, -0.1) is 0 Å². The van der Waals surface area contributed by atoms with Crippen molar-refractivity contribution in [2.75, 3.05) is 6.54 Å². The third-order valence-electron chi connectivity index (χ3n) is 3.99. The van der Waals surface area contributed by atoms with Gasteiger partial charge in [0.05, 0.1) is 19.3 Å². The first-order valence-corrected chi connectivity index (χ1v) is 9.05. The van der Waals surface area contributed by atoms with Gasteiger partial charge in [0.25, 0.3) is 0 Å². The van der Waals surface area contributed by atoms with E-state index in [1.807, 2.05) is 48.3 Å². The quantitative estimate of drug-likeness (QED) is 0.499. The predicted octanol–water partition coefficient (Wildman–Crippen LogP) is 3.33. The average molecular weight is 365 g/mol. The minimum Gasteiger partial charge on any atom is -0.357 e. The Kier molecular flexibility index (Phi) is 6.57. The Hall–Kier alpha value is -3.15. The molecule has 6 heteroatoms. The van der Waals surface area contributed by atoms with Gasteiger partial charge in [-0.25, -0.2) is 9.38 Å². The maximum absolute atomic E-state index is 13.3. The molecule has 3 rings (SSSR count). The standard InChI is InChI=1S/C21H24FN5/c1-2-23-21(24-12-18-9-6-10-20(22)11-18)25-13-19-14-26-27(16-19)15-17-7-4-3-5-8-17/h3-11,14,16H,2,12-13,15H2,1H3,(H2,23,24,25). The van der Waals surface area contributed by atoms with Crippen molar-refractivity contribution in [1.82, 2.24) is 20.4 Å². The van der Waals surface area contributed by atoms with Gasteiger partial charge in [0.2, 0.25) is 0 Å². The van der Waals surface area contributed by atoms with E-state index in [2.05, 4.69) is 32.9 Å². The van der Waals surface area contributed by atoms with Gasteiger partial charge in [-0.3, -0.25) is 4.68 Å². The monoisotopic (exact) mass is 365 g/mol. The van der Waals surface area contributed by atoms with Crippen LogP contribution in [0.15, 0.2) is 72.0 Å². The molecule has 0 fully saturated rings. The van der Waals surface area contributed by atoms with E-state index in [-0.39, 0.29) is 5.82 Å². The lowest BCUT2D eigenvalue weighted by Crippen LogP contribution is -2.36. The summed E-state index contributed by atoms with van der Waals surface area (Å²) in [6.45, 7) is 4.53. The average Bonchev–Trinajstić information content (AvgIpc) is 3.12. The second-order valence-corrected chi connectivity index (χ2v) is 6.21. The Morgan fingerprint density at radius 2 is 1.85 bits per heavy atom. The Morgan fingerprint density at radius 1 is 1.04 bits per heavy atom. The summed E-state index contributed by atoms with van der Waals surface area (Å²) < 4.78 is 15.2. The summed E-state index contributed by atoms with van der Waals surface area (Å²) >= 11 is 0. The molecule has 0 radical (unpaired) electrons.